The summed E-state index contributed by atoms with van der Waals surface area (Å²) >= 11 is 0. The fraction of sp³-hybridized carbons (Fsp3) is 0.921. The van der Waals surface area contributed by atoms with E-state index < -0.39 is 6.10 Å². The lowest BCUT2D eigenvalue weighted by atomic mass is 10.0. The first-order chi connectivity index (χ1) is 34.0. The summed E-state index contributed by atoms with van der Waals surface area (Å²) in [5.74, 6) is -0.846. The molecule has 0 aliphatic rings. The maximum Gasteiger partial charge on any atom is 0.306 e. The number of unbranched alkanes of at least 4 members (excludes halogenated alkanes) is 45. The Labute approximate surface area is 431 Å². The maximum absolute atomic E-state index is 12.9. The van der Waals surface area contributed by atoms with E-state index in [0.29, 0.717) is 19.3 Å². The van der Waals surface area contributed by atoms with Gasteiger partial charge in [-0.1, -0.05) is 303 Å². The molecule has 0 heterocycles. The molecule has 0 radical (unpaired) electrons. The molecule has 0 spiro atoms. The highest BCUT2D eigenvalue weighted by molar-refractivity contribution is 5.71. The highest BCUT2D eigenvalue weighted by Gasteiger charge is 2.19. The Kier molecular flexibility index (Phi) is 57.1. The maximum atomic E-state index is 12.9. The summed E-state index contributed by atoms with van der Waals surface area (Å²) < 4.78 is 16.9. The first-order valence-corrected chi connectivity index (χ1v) is 31.2. The molecule has 0 rings (SSSR count). The number of rotatable bonds is 58. The average molecular weight is 974 g/mol. The third-order valence-corrected chi connectivity index (χ3v) is 14.3. The second kappa shape index (κ2) is 58.7. The molecule has 408 valence electrons. The van der Waals surface area contributed by atoms with Crippen LogP contribution in [0, 0.1) is 0 Å². The summed E-state index contributed by atoms with van der Waals surface area (Å²) in [6.45, 7) is 6.70. The number of esters is 3. The second-order valence-electron chi connectivity index (χ2n) is 21.3. The summed E-state index contributed by atoms with van der Waals surface area (Å²) in [5.41, 5.74) is 0. The molecule has 0 aromatic carbocycles. The molecule has 0 bridgehead atoms. The Morgan fingerprint density at radius 1 is 0.275 bits per heavy atom. The molecule has 0 aromatic heterocycles. The SMILES string of the molecule is CCCCCCC/C=C\CCCCCCCC(=O)OCC(COC(=O)CCCCCCCCCCCCCCCCCCCCCC)OC(=O)CCCCCCCCCCCCCCCCCCC. The van der Waals surface area contributed by atoms with Crippen molar-refractivity contribution in [3.05, 3.63) is 12.2 Å². The largest absolute Gasteiger partial charge is 0.462 e. The Balaban J connectivity index is 4.28. The number of carbonyl (C=O) groups excluding carboxylic acids is 3. The lowest BCUT2D eigenvalue weighted by molar-refractivity contribution is -0.167. The predicted molar refractivity (Wildman–Crippen MR) is 298 cm³/mol. The second-order valence-corrected chi connectivity index (χ2v) is 21.3. The van der Waals surface area contributed by atoms with E-state index in [2.05, 4.69) is 32.9 Å². The van der Waals surface area contributed by atoms with Crippen LogP contribution in [-0.2, 0) is 28.6 Å². The van der Waals surface area contributed by atoms with Gasteiger partial charge in [-0.3, -0.25) is 14.4 Å². The average Bonchev–Trinajstić information content (AvgIpc) is 3.35. The van der Waals surface area contributed by atoms with Gasteiger partial charge in [-0.05, 0) is 44.9 Å². The van der Waals surface area contributed by atoms with E-state index in [9.17, 15) is 14.4 Å². The molecule has 0 aliphatic heterocycles. The molecule has 1 unspecified atom stereocenters. The predicted octanol–water partition coefficient (Wildman–Crippen LogP) is 20.9. The van der Waals surface area contributed by atoms with Crippen LogP contribution in [0.4, 0.5) is 0 Å². The fourth-order valence-corrected chi connectivity index (χ4v) is 9.56. The van der Waals surface area contributed by atoms with Gasteiger partial charge in [-0.25, -0.2) is 0 Å². The van der Waals surface area contributed by atoms with Crippen molar-refractivity contribution in [3.8, 4) is 0 Å². The minimum absolute atomic E-state index is 0.0661. The molecule has 6 heteroatoms. The van der Waals surface area contributed by atoms with Gasteiger partial charge in [0.1, 0.15) is 13.2 Å². The van der Waals surface area contributed by atoms with Gasteiger partial charge < -0.3 is 14.2 Å². The number of allylic oxidation sites excluding steroid dienone is 2. The minimum Gasteiger partial charge on any atom is -0.462 e. The van der Waals surface area contributed by atoms with Gasteiger partial charge >= 0.3 is 17.9 Å². The van der Waals surface area contributed by atoms with E-state index in [0.717, 1.165) is 64.2 Å². The van der Waals surface area contributed by atoms with E-state index in [4.69, 9.17) is 14.2 Å². The molecule has 0 aliphatic carbocycles. The third-order valence-electron chi connectivity index (χ3n) is 14.3. The van der Waals surface area contributed by atoms with Gasteiger partial charge in [0.05, 0.1) is 0 Å². The van der Waals surface area contributed by atoms with Crippen LogP contribution in [-0.4, -0.2) is 37.2 Å². The highest BCUT2D eigenvalue weighted by atomic mass is 16.6. The monoisotopic (exact) mass is 973 g/mol. The number of hydrogen-bond acceptors (Lipinski definition) is 6. The van der Waals surface area contributed by atoms with Crippen molar-refractivity contribution in [1.29, 1.82) is 0 Å². The van der Waals surface area contributed by atoms with E-state index >= 15 is 0 Å². The molecule has 69 heavy (non-hydrogen) atoms. The molecule has 0 saturated heterocycles. The van der Waals surface area contributed by atoms with Crippen LogP contribution in [0.15, 0.2) is 12.2 Å². The van der Waals surface area contributed by atoms with Crippen LogP contribution in [0.3, 0.4) is 0 Å². The van der Waals surface area contributed by atoms with Gasteiger partial charge in [0.15, 0.2) is 6.10 Å². The van der Waals surface area contributed by atoms with Crippen LogP contribution in [0.1, 0.15) is 355 Å². The first kappa shape index (κ1) is 67.1. The zero-order valence-corrected chi connectivity index (χ0v) is 46.9. The van der Waals surface area contributed by atoms with E-state index in [-0.39, 0.29) is 31.1 Å². The van der Waals surface area contributed by atoms with Gasteiger partial charge in [-0.2, -0.15) is 0 Å². The lowest BCUT2D eigenvalue weighted by Gasteiger charge is -2.18. The zero-order valence-electron chi connectivity index (χ0n) is 46.9. The van der Waals surface area contributed by atoms with Crippen LogP contribution in [0.25, 0.3) is 0 Å². The van der Waals surface area contributed by atoms with Gasteiger partial charge in [0, 0.05) is 19.3 Å². The van der Waals surface area contributed by atoms with Crippen molar-refractivity contribution >= 4 is 17.9 Å². The molecule has 1 atom stereocenters. The van der Waals surface area contributed by atoms with Crippen molar-refractivity contribution < 1.29 is 28.6 Å². The first-order valence-electron chi connectivity index (χ1n) is 31.2. The lowest BCUT2D eigenvalue weighted by Crippen LogP contribution is -2.30. The zero-order chi connectivity index (χ0) is 50.0. The van der Waals surface area contributed by atoms with Gasteiger partial charge in [0.2, 0.25) is 0 Å². The minimum atomic E-state index is -0.768. The number of ether oxygens (including phenoxy) is 3. The quantitative estimate of drug-likeness (QED) is 0.0261. The van der Waals surface area contributed by atoms with Gasteiger partial charge in [-0.15, -0.1) is 0 Å². The molecule has 0 saturated carbocycles. The molecule has 0 N–H and O–H groups in total. The summed E-state index contributed by atoms with van der Waals surface area (Å²) in [4.78, 5) is 38.2. The Hall–Kier alpha value is -1.85. The highest BCUT2D eigenvalue weighted by Crippen LogP contribution is 2.18. The standard InChI is InChI=1S/C63H120O6/c1-4-7-10-13-16-19-22-25-28-30-31-32-34-35-38-41-44-47-50-53-56-62(65)68-59-60(58-67-61(64)55-52-49-46-43-40-37-27-24-21-18-15-12-9-6-3)69-63(66)57-54-51-48-45-42-39-36-33-29-26-23-20-17-14-11-8-5-2/h24,27,60H,4-23,25-26,28-59H2,1-3H3/b27-24-. The molecular weight excluding hydrogens is 853 g/mol. The fourth-order valence-electron chi connectivity index (χ4n) is 9.56. The van der Waals surface area contributed by atoms with E-state index in [1.54, 1.807) is 0 Å². The molecule has 0 amide bonds. The summed E-state index contributed by atoms with van der Waals surface area (Å²) in [6, 6.07) is 0. The van der Waals surface area contributed by atoms with Crippen molar-refractivity contribution in [2.24, 2.45) is 0 Å². The number of carbonyl (C=O) groups is 3. The molecule has 0 aromatic rings. The van der Waals surface area contributed by atoms with Crippen LogP contribution >= 0.6 is 0 Å². The normalized spacial score (nSPS) is 12.0. The molecule has 6 nitrogen and oxygen atoms in total. The summed E-state index contributed by atoms with van der Waals surface area (Å²) in [6.07, 6.45) is 67.8. The number of hydrogen-bond donors (Lipinski definition) is 0. The van der Waals surface area contributed by atoms with Gasteiger partial charge in [0.25, 0.3) is 0 Å². The Morgan fingerprint density at radius 2 is 0.478 bits per heavy atom. The Morgan fingerprint density at radius 3 is 0.725 bits per heavy atom. The van der Waals surface area contributed by atoms with E-state index in [1.807, 2.05) is 0 Å². The molecular formula is C63H120O6. The topological polar surface area (TPSA) is 78.9 Å². The van der Waals surface area contributed by atoms with Crippen molar-refractivity contribution in [2.75, 3.05) is 13.2 Å². The van der Waals surface area contributed by atoms with Crippen LogP contribution in [0.5, 0.6) is 0 Å². The Bertz CT molecular complexity index is 1070. The van der Waals surface area contributed by atoms with Crippen LogP contribution in [0.2, 0.25) is 0 Å². The third kappa shape index (κ3) is 56.9. The van der Waals surface area contributed by atoms with Crippen molar-refractivity contribution in [1.82, 2.24) is 0 Å². The van der Waals surface area contributed by atoms with Crippen molar-refractivity contribution in [3.63, 3.8) is 0 Å². The van der Waals surface area contributed by atoms with Crippen LogP contribution < -0.4 is 0 Å². The smallest absolute Gasteiger partial charge is 0.306 e. The summed E-state index contributed by atoms with van der Waals surface area (Å²) in [5, 5.41) is 0. The molecule has 0 fully saturated rings. The van der Waals surface area contributed by atoms with Crippen molar-refractivity contribution in [2.45, 2.75) is 361 Å². The van der Waals surface area contributed by atoms with E-state index in [1.165, 1.54) is 250 Å². The summed E-state index contributed by atoms with van der Waals surface area (Å²) in [7, 11) is 0.